The molecule has 96 valence electrons. The van der Waals surface area contributed by atoms with Gasteiger partial charge in [0.15, 0.2) is 0 Å². The van der Waals surface area contributed by atoms with Gasteiger partial charge in [0, 0.05) is 12.3 Å². The van der Waals surface area contributed by atoms with Crippen molar-refractivity contribution in [1.82, 2.24) is 4.98 Å². The Hall–Kier alpha value is -2.62. The van der Waals surface area contributed by atoms with Crippen molar-refractivity contribution in [3.63, 3.8) is 0 Å². The van der Waals surface area contributed by atoms with Crippen LogP contribution in [0.1, 0.15) is 11.1 Å². The van der Waals surface area contributed by atoms with Crippen LogP contribution in [0.2, 0.25) is 0 Å². The second-order valence-electron chi connectivity index (χ2n) is 4.13. The third-order valence-electron chi connectivity index (χ3n) is 2.49. The molecule has 0 radical (unpaired) electrons. The zero-order valence-corrected chi connectivity index (χ0v) is 10.5. The predicted molar refractivity (Wildman–Crippen MR) is 74.7 cm³/mol. The lowest BCUT2D eigenvalue weighted by Gasteiger charge is -2.01. The van der Waals surface area contributed by atoms with E-state index in [4.69, 9.17) is 5.11 Å². The number of carbonyl (C=O) groups excluding carboxylic acids is 1. The van der Waals surface area contributed by atoms with Gasteiger partial charge in [0.2, 0.25) is 5.91 Å². The minimum Gasteiger partial charge on any atom is -0.508 e. The summed E-state index contributed by atoms with van der Waals surface area (Å²) < 4.78 is 0. The lowest BCUT2D eigenvalue weighted by Crippen LogP contribution is -2.09. The number of phenols is 1. The van der Waals surface area contributed by atoms with E-state index >= 15 is 0 Å². The Bertz CT molecular complexity index is 604. The summed E-state index contributed by atoms with van der Waals surface area (Å²) in [6.07, 6.45) is 4.75. The number of carbonyl (C=O) groups is 1. The molecule has 0 unspecified atom stereocenters. The van der Waals surface area contributed by atoms with E-state index in [1.165, 1.54) is 6.08 Å². The smallest absolute Gasteiger partial charge is 0.249 e. The molecule has 0 bridgehead atoms. The minimum absolute atomic E-state index is 0.200. The molecule has 0 fully saturated rings. The van der Waals surface area contributed by atoms with Gasteiger partial charge in [-0.25, -0.2) is 4.98 Å². The number of aryl methyl sites for hydroxylation is 1. The van der Waals surface area contributed by atoms with Crippen molar-refractivity contribution in [1.29, 1.82) is 0 Å². The number of hydrogen-bond donors (Lipinski definition) is 2. The molecule has 0 saturated heterocycles. The second kappa shape index (κ2) is 5.82. The van der Waals surface area contributed by atoms with Crippen LogP contribution in [0.5, 0.6) is 5.75 Å². The van der Waals surface area contributed by atoms with Gasteiger partial charge in [0.05, 0.1) is 0 Å². The van der Waals surface area contributed by atoms with E-state index in [1.54, 1.807) is 42.6 Å². The van der Waals surface area contributed by atoms with Gasteiger partial charge in [-0.05, 0) is 48.4 Å². The van der Waals surface area contributed by atoms with Crippen LogP contribution in [0, 0.1) is 6.92 Å². The zero-order chi connectivity index (χ0) is 13.7. The van der Waals surface area contributed by atoms with Crippen LogP contribution < -0.4 is 5.32 Å². The minimum atomic E-state index is -0.244. The maximum atomic E-state index is 11.7. The number of anilines is 1. The number of aromatic hydroxyl groups is 1. The van der Waals surface area contributed by atoms with Crippen LogP contribution in [0.15, 0.2) is 48.7 Å². The fraction of sp³-hybridized carbons (Fsp3) is 0.0667. The molecule has 4 nitrogen and oxygen atoms in total. The standard InChI is InChI=1S/C15H14N2O2/c1-11-8-9-16-14(10-11)17-15(19)7-4-12-2-5-13(18)6-3-12/h2-10,18H,1H3,(H,16,17,19)/b7-4+. The molecule has 0 aliphatic heterocycles. The number of nitrogens with zero attached hydrogens (tertiary/aromatic N) is 1. The average Bonchev–Trinajstić information content (AvgIpc) is 2.38. The summed E-state index contributed by atoms with van der Waals surface area (Å²) in [5, 5.41) is 11.8. The molecule has 2 aromatic rings. The maximum absolute atomic E-state index is 11.7. The van der Waals surface area contributed by atoms with E-state index in [9.17, 15) is 4.79 Å². The molecule has 4 heteroatoms. The first-order valence-electron chi connectivity index (χ1n) is 5.84. The van der Waals surface area contributed by atoms with Crippen molar-refractivity contribution < 1.29 is 9.90 Å². The molecule has 19 heavy (non-hydrogen) atoms. The number of nitrogens with one attached hydrogen (secondary N) is 1. The lowest BCUT2D eigenvalue weighted by atomic mass is 10.2. The van der Waals surface area contributed by atoms with Crippen LogP contribution >= 0.6 is 0 Å². The number of rotatable bonds is 3. The highest BCUT2D eigenvalue weighted by molar-refractivity contribution is 6.01. The van der Waals surface area contributed by atoms with E-state index in [1.807, 2.05) is 13.0 Å². The molecule has 0 aliphatic rings. The maximum Gasteiger partial charge on any atom is 0.249 e. The molecule has 1 aromatic heterocycles. The highest BCUT2D eigenvalue weighted by Gasteiger charge is 1.99. The van der Waals surface area contributed by atoms with Crippen LogP contribution in [-0.4, -0.2) is 16.0 Å². The highest BCUT2D eigenvalue weighted by Crippen LogP contribution is 2.11. The Morgan fingerprint density at radius 2 is 2.00 bits per heavy atom. The van der Waals surface area contributed by atoms with Crippen molar-refractivity contribution in [2.24, 2.45) is 0 Å². The monoisotopic (exact) mass is 254 g/mol. The first-order valence-corrected chi connectivity index (χ1v) is 5.84. The Kier molecular flexibility index (Phi) is 3.93. The molecule has 1 aromatic carbocycles. The normalized spacial score (nSPS) is 10.6. The Morgan fingerprint density at radius 1 is 1.26 bits per heavy atom. The van der Waals surface area contributed by atoms with Crippen molar-refractivity contribution in [2.45, 2.75) is 6.92 Å². The summed E-state index contributed by atoms with van der Waals surface area (Å²) >= 11 is 0. The average molecular weight is 254 g/mol. The van der Waals surface area contributed by atoms with Gasteiger partial charge < -0.3 is 10.4 Å². The van der Waals surface area contributed by atoms with Gasteiger partial charge >= 0.3 is 0 Å². The quantitative estimate of drug-likeness (QED) is 0.828. The van der Waals surface area contributed by atoms with Crippen molar-refractivity contribution in [2.75, 3.05) is 5.32 Å². The van der Waals surface area contributed by atoms with Gasteiger partial charge in [-0.1, -0.05) is 12.1 Å². The third kappa shape index (κ3) is 3.96. The lowest BCUT2D eigenvalue weighted by molar-refractivity contribution is -0.111. The summed E-state index contributed by atoms with van der Waals surface area (Å²) in [5.41, 5.74) is 1.87. The van der Waals surface area contributed by atoms with Gasteiger partial charge in [-0.2, -0.15) is 0 Å². The molecule has 2 rings (SSSR count). The molecule has 0 spiro atoms. The van der Waals surface area contributed by atoms with Crippen molar-refractivity contribution >= 4 is 17.8 Å². The molecule has 1 amide bonds. The number of pyridine rings is 1. The number of amides is 1. The van der Waals surface area contributed by atoms with E-state index in [0.29, 0.717) is 5.82 Å². The second-order valence-corrected chi connectivity index (χ2v) is 4.13. The molecule has 0 aliphatic carbocycles. The molecule has 2 N–H and O–H groups in total. The van der Waals surface area contributed by atoms with Crippen LogP contribution in [0.3, 0.4) is 0 Å². The van der Waals surface area contributed by atoms with Crippen LogP contribution in [0.4, 0.5) is 5.82 Å². The third-order valence-corrected chi connectivity index (χ3v) is 2.49. The number of aromatic nitrogens is 1. The summed E-state index contributed by atoms with van der Waals surface area (Å²) in [5.74, 6) is 0.483. The highest BCUT2D eigenvalue weighted by atomic mass is 16.3. The van der Waals surface area contributed by atoms with Gasteiger partial charge in [0.25, 0.3) is 0 Å². The summed E-state index contributed by atoms with van der Waals surface area (Å²) in [6, 6.07) is 10.3. The molecule has 1 heterocycles. The number of benzene rings is 1. The van der Waals surface area contributed by atoms with Gasteiger partial charge in [-0.3, -0.25) is 4.79 Å². The molecular weight excluding hydrogens is 240 g/mol. The van der Waals surface area contributed by atoms with E-state index in [-0.39, 0.29) is 11.7 Å². The molecular formula is C15H14N2O2. The van der Waals surface area contributed by atoms with Crippen LogP contribution in [0.25, 0.3) is 6.08 Å². The van der Waals surface area contributed by atoms with Gasteiger partial charge in [0.1, 0.15) is 11.6 Å². The van der Waals surface area contributed by atoms with E-state index in [2.05, 4.69) is 10.3 Å². The fourth-order valence-electron chi connectivity index (χ4n) is 1.53. The number of hydrogen-bond acceptors (Lipinski definition) is 3. The van der Waals surface area contributed by atoms with Crippen LogP contribution in [-0.2, 0) is 4.79 Å². The Labute approximate surface area is 111 Å². The first-order chi connectivity index (χ1) is 9.13. The first kappa shape index (κ1) is 12.8. The zero-order valence-electron chi connectivity index (χ0n) is 10.5. The summed E-state index contributed by atoms with van der Waals surface area (Å²) in [6.45, 7) is 1.93. The fourth-order valence-corrected chi connectivity index (χ4v) is 1.53. The van der Waals surface area contributed by atoms with E-state index < -0.39 is 0 Å². The van der Waals surface area contributed by atoms with Gasteiger partial charge in [-0.15, -0.1) is 0 Å². The molecule has 0 atom stereocenters. The van der Waals surface area contributed by atoms with Crippen molar-refractivity contribution in [3.05, 3.63) is 59.8 Å². The van der Waals surface area contributed by atoms with Crippen molar-refractivity contribution in [3.8, 4) is 5.75 Å². The summed E-state index contributed by atoms with van der Waals surface area (Å²) in [4.78, 5) is 15.7. The number of phenolic OH excluding ortho intramolecular Hbond substituents is 1. The summed E-state index contributed by atoms with van der Waals surface area (Å²) in [7, 11) is 0. The SMILES string of the molecule is Cc1ccnc(NC(=O)/C=C/c2ccc(O)cc2)c1. The molecule has 0 saturated carbocycles. The Balaban J connectivity index is 1.99. The largest absolute Gasteiger partial charge is 0.508 e. The topological polar surface area (TPSA) is 62.2 Å². The predicted octanol–water partition coefficient (Wildman–Crippen LogP) is 2.75. The van der Waals surface area contributed by atoms with E-state index in [0.717, 1.165) is 11.1 Å². The Morgan fingerprint density at radius 3 is 2.68 bits per heavy atom.